The van der Waals surface area contributed by atoms with Crippen molar-refractivity contribution in [2.24, 2.45) is 0 Å². The molecule has 0 spiro atoms. The predicted octanol–water partition coefficient (Wildman–Crippen LogP) is 3.20. The summed E-state index contributed by atoms with van der Waals surface area (Å²) < 4.78 is 22.3. The molecule has 0 heterocycles. The van der Waals surface area contributed by atoms with Gasteiger partial charge in [0.25, 0.3) is 0 Å². The molecular formula is C18H31NO5P+. The van der Waals surface area contributed by atoms with E-state index in [9.17, 15) is 4.57 Å². The molecule has 0 fully saturated rings. The lowest BCUT2D eigenvalue weighted by Gasteiger charge is -2.29. The summed E-state index contributed by atoms with van der Waals surface area (Å²) in [4.78, 5) is 18.1. The van der Waals surface area contributed by atoms with Gasteiger partial charge in [-0.15, -0.1) is 0 Å². The molecule has 142 valence electrons. The summed E-state index contributed by atoms with van der Waals surface area (Å²) in [7, 11) is 1.44. The van der Waals surface area contributed by atoms with Gasteiger partial charge in [0.2, 0.25) is 0 Å². The van der Waals surface area contributed by atoms with Crippen LogP contribution in [-0.2, 0) is 20.4 Å². The van der Waals surface area contributed by atoms with Gasteiger partial charge in [0.05, 0.1) is 27.7 Å². The number of hydrogen-bond donors (Lipinski definition) is 2. The molecule has 0 aliphatic carbocycles. The Morgan fingerprint density at radius 1 is 1.20 bits per heavy atom. The van der Waals surface area contributed by atoms with Crippen molar-refractivity contribution in [2.75, 3.05) is 34.3 Å². The van der Waals surface area contributed by atoms with Gasteiger partial charge in [-0.25, -0.2) is 4.57 Å². The molecule has 1 atom stereocenters. The second-order valence-electron chi connectivity index (χ2n) is 7.18. The van der Waals surface area contributed by atoms with Gasteiger partial charge in [-0.2, -0.15) is 0 Å². The first kappa shape index (κ1) is 22.0. The van der Waals surface area contributed by atoms with Crippen LogP contribution in [-0.4, -0.2) is 54.7 Å². The van der Waals surface area contributed by atoms with Gasteiger partial charge in [0.1, 0.15) is 12.6 Å². The summed E-state index contributed by atoms with van der Waals surface area (Å²) in [5.41, 5.74) is 2.19. The minimum absolute atomic E-state index is 0.465. The summed E-state index contributed by atoms with van der Waals surface area (Å²) in [5.74, 6) is 0. The fraction of sp³-hybridized carbons (Fsp3) is 0.556. The lowest BCUT2D eigenvalue weighted by Crippen LogP contribution is -2.42. The zero-order valence-corrected chi connectivity index (χ0v) is 16.3. The maximum atomic E-state index is 11.1. The fourth-order valence-electron chi connectivity index (χ4n) is 2.50. The molecule has 1 aromatic rings. The van der Waals surface area contributed by atoms with Crippen molar-refractivity contribution in [3.63, 3.8) is 0 Å². The zero-order chi connectivity index (χ0) is 18.9. The molecular weight excluding hydrogens is 341 g/mol. The maximum absolute atomic E-state index is 11.1. The standard InChI is InChI=1S/C18H30NO5P/c1-5-16-9-11-17(12-10-16)15-23-13-7-6-8-18(14-19(2,3)4)24-25(20,21)22/h5,9-12,18H,1,6-8,13-15H2,2-4H3,(H-,20,21,22)/p+1. The van der Waals surface area contributed by atoms with E-state index in [0.29, 0.717) is 30.7 Å². The van der Waals surface area contributed by atoms with Crippen LogP contribution in [0.1, 0.15) is 30.4 Å². The van der Waals surface area contributed by atoms with Crippen molar-refractivity contribution in [2.45, 2.75) is 32.0 Å². The molecule has 25 heavy (non-hydrogen) atoms. The summed E-state index contributed by atoms with van der Waals surface area (Å²) in [5, 5.41) is 0. The van der Waals surface area contributed by atoms with Crippen LogP contribution in [0.4, 0.5) is 0 Å². The van der Waals surface area contributed by atoms with Crippen molar-refractivity contribution < 1.29 is 28.1 Å². The van der Waals surface area contributed by atoms with E-state index in [1.165, 1.54) is 0 Å². The number of ether oxygens (including phenoxy) is 1. The molecule has 2 N–H and O–H groups in total. The van der Waals surface area contributed by atoms with E-state index in [-0.39, 0.29) is 0 Å². The third kappa shape index (κ3) is 11.3. The van der Waals surface area contributed by atoms with E-state index in [1.54, 1.807) is 6.08 Å². The fourth-order valence-corrected chi connectivity index (χ4v) is 3.06. The Balaban J connectivity index is 2.28. The van der Waals surface area contributed by atoms with Crippen LogP contribution >= 0.6 is 7.82 Å². The third-order valence-corrected chi connectivity index (χ3v) is 4.16. The highest BCUT2D eigenvalue weighted by molar-refractivity contribution is 7.46. The van der Waals surface area contributed by atoms with Gasteiger partial charge >= 0.3 is 7.82 Å². The zero-order valence-electron chi connectivity index (χ0n) is 15.4. The first-order valence-corrected chi connectivity index (χ1v) is 9.95. The Labute approximate surface area is 150 Å². The highest BCUT2D eigenvalue weighted by Gasteiger charge is 2.26. The monoisotopic (exact) mass is 372 g/mol. The molecule has 0 saturated carbocycles. The Morgan fingerprint density at radius 2 is 1.84 bits per heavy atom. The third-order valence-electron chi connectivity index (χ3n) is 3.59. The summed E-state index contributed by atoms with van der Waals surface area (Å²) in [6.45, 7) is 5.43. The summed E-state index contributed by atoms with van der Waals surface area (Å²) >= 11 is 0. The number of unbranched alkanes of at least 4 members (excludes halogenated alkanes) is 1. The van der Waals surface area contributed by atoms with Gasteiger partial charge < -0.3 is 19.0 Å². The second kappa shape index (κ2) is 10.2. The quantitative estimate of drug-likeness (QED) is 0.335. The number of quaternary nitrogens is 1. The number of hydrogen-bond acceptors (Lipinski definition) is 3. The molecule has 7 heteroatoms. The summed E-state index contributed by atoms with van der Waals surface area (Å²) in [6.07, 6.45) is 3.55. The smallest absolute Gasteiger partial charge is 0.377 e. The second-order valence-corrected chi connectivity index (χ2v) is 8.38. The number of rotatable bonds is 12. The number of phosphoric ester groups is 1. The van der Waals surface area contributed by atoms with Crippen LogP contribution in [0.25, 0.3) is 6.08 Å². The van der Waals surface area contributed by atoms with Crippen molar-refractivity contribution in [1.29, 1.82) is 0 Å². The van der Waals surface area contributed by atoms with Crippen LogP contribution in [0.15, 0.2) is 30.8 Å². The van der Waals surface area contributed by atoms with Crippen LogP contribution in [0.2, 0.25) is 0 Å². The minimum atomic E-state index is -4.46. The number of nitrogens with zero attached hydrogens (tertiary/aromatic N) is 1. The molecule has 0 amide bonds. The van der Waals surface area contributed by atoms with Crippen molar-refractivity contribution in [3.8, 4) is 0 Å². The molecule has 6 nitrogen and oxygen atoms in total. The first-order chi connectivity index (χ1) is 11.6. The molecule has 0 aromatic heterocycles. The molecule has 0 bridgehead atoms. The van der Waals surface area contributed by atoms with E-state index in [0.717, 1.165) is 24.0 Å². The normalized spacial score (nSPS) is 13.6. The Hall–Kier alpha value is -1.01. The van der Waals surface area contributed by atoms with Gasteiger partial charge in [0, 0.05) is 6.61 Å². The van der Waals surface area contributed by atoms with Crippen LogP contribution in [0, 0.1) is 0 Å². The van der Waals surface area contributed by atoms with Crippen molar-refractivity contribution >= 4 is 13.9 Å². The first-order valence-electron chi connectivity index (χ1n) is 8.42. The Kier molecular flexibility index (Phi) is 9.00. The van der Waals surface area contributed by atoms with Crippen LogP contribution in [0.3, 0.4) is 0 Å². The molecule has 1 unspecified atom stereocenters. The summed E-state index contributed by atoms with van der Waals surface area (Å²) in [6, 6.07) is 8.03. The molecule has 0 aliphatic heterocycles. The average Bonchev–Trinajstić information content (AvgIpc) is 2.48. The maximum Gasteiger partial charge on any atom is 0.470 e. The van der Waals surface area contributed by atoms with Crippen molar-refractivity contribution in [3.05, 3.63) is 42.0 Å². The van der Waals surface area contributed by atoms with E-state index >= 15 is 0 Å². The number of benzene rings is 1. The lowest BCUT2D eigenvalue weighted by atomic mass is 10.1. The van der Waals surface area contributed by atoms with E-state index in [1.807, 2.05) is 45.4 Å². The molecule has 1 aromatic carbocycles. The molecule has 0 saturated heterocycles. The van der Waals surface area contributed by atoms with E-state index < -0.39 is 13.9 Å². The van der Waals surface area contributed by atoms with Gasteiger partial charge in [0.15, 0.2) is 0 Å². The van der Waals surface area contributed by atoms with Crippen LogP contribution < -0.4 is 0 Å². The average molecular weight is 372 g/mol. The minimum Gasteiger partial charge on any atom is -0.377 e. The van der Waals surface area contributed by atoms with E-state index in [2.05, 4.69) is 6.58 Å². The molecule has 0 aliphatic rings. The van der Waals surface area contributed by atoms with Gasteiger partial charge in [-0.1, -0.05) is 36.9 Å². The SMILES string of the molecule is C=Cc1ccc(COCCCCC(C[N+](C)(C)C)OP(=O)(O)O)cc1. The largest absolute Gasteiger partial charge is 0.470 e. The Morgan fingerprint density at radius 3 is 2.36 bits per heavy atom. The molecule has 0 radical (unpaired) electrons. The van der Waals surface area contributed by atoms with E-state index in [4.69, 9.17) is 19.0 Å². The topological polar surface area (TPSA) is 76.0 Å². The predicted molar refractivity (Wildman–Crippen MR) is 99.9 cm³/mol. The van der Waals surface area contributed by atoms with Crippen molar-refractivity contribution in [1.82, 2.24) is 0 Å². The Bertz CT molecular complexity index is 562. The van der Waals surface area contributed by atoms with Gasteiger partial charge in [-0.3, -0.25) is 4.52 Å². The number of phosphoric acid groups is 1. The highest BCUT2D eigenvalue weighted by atomic mass is 31.2. The number of likely N-dealkylation sites (N-methyl/N-ethyl adjacent to an activating group) is 1. The lowest BCUT2D eigenvalue weighted by molar-refractivity contribution is -0.873. The molecule has 1 rings (SSSR count). The van der Waals surface area contributed by atoms with Gasteiger partial charge in [-0.05, 0) is 30.4 Å². The highest BCUT2D eigenvalue weighted by Crippen LogP contribution is 2.38. The van der Waals surface area contributed by atoms with Crippen LogP contribution in [0.5, 0.6) is 0 Å².